The van der Waals surface area contributed by atoms with Crippen molar-refractivity contribution in [2.45, 2.75) is 26.7 Å². The van der Waals surface area contributed by atoms with Crippen LogP contribution in [0.3, 0.4) is 0 Å². The molecule has 5 heteroatoms. The first kappa shape index (κ1) is 15.2. The molecule has 3 rings (SSSR count). The molecule has 118 valence electrons. The molecule has 5 nitrogen and oxygen atoms in total. The highest BCUT2D eigenvalue weighted by Gasteiger charge is 2.23. The molecule has 0 saturated carbocycles. The van der Waals surface area contributed by atoms with E-state index in [4.69, 9.17) is 4.98 Å². The predicted octanol–water partition coefficient (Wildman–Crippen LogP) is 2.40. The van der Waals surface area contributed by atoms with Gasteiger partial charge in [-0.05, 0) is 31.2 Å². The van der Waals surface area contributed by atoms with Crippen LogP contribution in [0.4, 0.5) is 0 Å². The molecule has 0 aromatic carbocycles. The Kier molecular flexibility index (Phi) is 4.52. The third kappa shape index (κ3) is 3.53. The first-order valence-electron chi connectivity index (χ1n) is 8.13. The van der Waals surface area contributed by atoms with E-state index in [9.17, 15) is 0 Å². The summed E-state index contributed by atoms with van der Waals surface area (Å²) in [6, 6.07) is 0. The predicted molar refractivity (Wildman–Crippen MR) is 87.3 cm³/mol. The summed E-state index contributed by atoms with van der Waals surface area (Å²) in [7, 11) is 1.98. The Balaban J connectivity index is 1.66. The normalized spacial score (nSPS) is 19.2. The molecule has 22 heavy (non-hydrogen) atoms. The molecular formula is C17H25N5. The van der Waals surface area contributed by atoms with Crippen molar-refractivity contribution in [1.29, 1.82) is 0 Å². The van der Waals surface area contributed by atoms with Crippen LogP contribution in [0.25, 0.3) is 11.5 Å². The van der Waals surface area contributed by atoms with Gasteiger partial charge in [0.25, 0.3) is 0 Å². The molecular weight excluding hydrogens is 274 g/mol. The van der Waals surface area contributed by atoms with E-state index in [2.05, 4.69) is 28.7 Å². The Morgan fingerprint density at radius 1 is 1.32 bits per heavy atom. The van der Waals surface area contributed by atoms with Gasteiger partial charge in [0.15, 0.2) is 5.82 Å². The van der Waals surface area contributed by atoms with Crippen molar-refractivity contribution in [1.82, 2.24) is 24.4 Å². The summed E-state index contributed by atoms with van der Waals surface area (Å²) in [5, 5.41) is 0. The number of nitrogens with zero attached hydrogens (tertiary/aromatic N) is 5. The maximum Gasteiger partial charge on any atom is 0.159 e. The lowest BCUT2D eigenvalue weighted by molar-refractivity contribution is 0.287. The maximum absolute atomic E-state index is 4.76. The Morgan fingerprint density at radius 2 is 2.18 bits per heavy atom. The number of aryl methyl sites for hydroxylation is 1. The third-order valence-electron chi connectivity index (χ3n) is 4.23. The fourth-order valence-electron chi connectivity index (χ4n) is 3.28. The fourth-order valence-corrected chi connectivity index (χ4v) is 3.28. The van der Waals surface area contributed by atoms with Gasteiger partial charge in [0.05, 0.1) is 11.9 Å². The van der Waals surface area contributed by atoms with Crippen molar-refractivity contribution in [3.8, 4) is 11.5 Å². The number of aromatic nitrogens is 4. The lowest BCUT2D eigenvalue weighted by atomic mass is 10.0. The molecule has 2 aromatic rings. The van der Waals surface area contributed by atoms with Crippen molar-refractivity contribution >= 4 is 0 Å². The van der Waals surface area contributed by atoms with Crippen LogP contribution in [-0.2, 0) is 13.5 Å². The van der Waals surface area contributed by atoms with E-state index in [1.807, 2.05) is 24.0 Å². The van der Waals surface area contributed by atoms with E-state index in [1.54, 1.807) is 12.4 Å². The van der Waals surface area contributed by atoms with Crippen molar-refractivity contribution in [2.24, 2.45) is 18.9 Å². The monoisotopic (exact) mass is 299 g/mol. The summed E-state index contributed by atoms with van der Waals surface area (Å²) < 4.78 is 1.98. The van der Waals surface area contributed by atoms with Crippen molar-refractivity contribution in [3.63, 3.8) is 0 Å². The van der Waals surface area contributed by atoms with Crippen molar-refractivity contribution < 1.29 is 0 Å². The minimum absolute atomic E-state index is 0.699. The molecule has 0 radical (unpaired) electrons. The van der Waals surface area contributed by atoms with Crippen LogP contribution in [0, 0.1) is 11.8 Å². The molecule has 1 atom stereocenters. The molecule has 0 unspecified atom stereocenters. The zero-order valence-electron chi connectivity index (χ0n) is 13.7. The van der Waals surface area contributed by atoms with Crippen LogP contribution in [0.15, 0.2) is 24.8 Å². The standard InChI is InChI=1S/C17H25N5/c1-13(2)11-22-6-4-14(12-22)8-15-9-18-10-16(20-15)17-19-5-7-21(17)3/h5,7,9-10,13-14H,4,6,8,11-12H2,1-3H3/t14-/m0/s1. The molecule has 1 fully saturated rings. The van der Waals surface area contributed by atoms with Gasteiger partial charge in [0.1, 0.15) is 5.69 Å². The molecule has 3 heterocycles. The smallest absolute Gasteiger partial charge is 0.159 e. The van der Waals surface area contributed by atoms with Gasteiger partial charge in [-0.25, -0.2) is 9.97 Å². The number of hydrogen-bond acceptors (Lipinski definition) is 4. The SMILES string of the molecule is CC(C)CN1CC[C@@H](Cc2cncc(-c3nccn3C)n2)C1. The van der Waals surface area contributed by atoms with Crippen LogP contribution in [-0.4, -0.2) is 44.1 Å². The first-order chi connectivity index (χ1) is 10.6. The van der Waals surface area contributed by atoms with E-state index in [1.165, 1.54) is 26.1 Å². The zero-order chi connectivity index (χ0) is 15.5. The molecule has 1 saturated heterocycles. The Morgan fingerprint density at radius 3 is 2.91 bits per heavy atom. The molecule has 2 aromatic heterocycles. The second-order valence-electron chi connectivity index (χ2n) is 6.77. The van der Waals surface area contributed by atoms with E-state index >= 15 is 0 Å². The molecule has 1 aliphatic heterocycles. The molecule has 0 spiro atoms. The van der Waals surface area contributed by atoms with E-state index in [0.717, 1.165) is 29.6 Å². The highest BCUT2D eigenvalue weighted by Crippen LogP contribution is 2.22. The van der Waals surface area contributed by atoms with Gasteiger partial charge in [0, 0.05) is 38.7 Å². The van der Waals surface area contributed by atoms with Gasteiger partial charge >= 0.3 is 0 Å². The lowest BCUT2D eigenvalue weighted by Gasteiger charge is -2.18. The van der Waals surface area contributed by atoms with Gasteiger partial charge in [-0.1, -0.05) is 13.8 Å². The van der Waals surface area contributed by atoms with Gasteiger partial charge in [-0.3, -0.25) is 4.98 Å². The van der Waals surface area contributed by atoms with E-state index < -0.39 is 0 Å². The Labute approximate surface area is 132 Å². The summed E-state index contributed by atoms with van der Waals surface area (Å²) in [6.45, 7) is 8.18. The number of imidazole rings is 1. The van der Waals surface area contributed by atoms with E-state index in [0.29, 0.717) is 5.92 Å². The zero-order valence-corrected chi connectivity index (χ0v) is 13.7. The van der Waals surface area contributed by atoms with Crippen LogP contribution in [0.5, 0.6) is 0 Å². The van der Waals surface area contributed by atoms with Crippen molar-refractivity contribution in [2.75, 3.05) is 19.6 Å². The van der Waals surface area contributed by atoms with Gasteiger partial charge in [0.2, 0.25) is 0 Å². The van der Waals surface area contributed by atoms with E-state index in [-0.39, 0.29) is 0 Å². The van der Waals surface area contributed by atoms with Crippen LogP contribution >= 0.6 is 0 Å². The first-order valence-corrected chi connectivity index (χ1v) is 8.13. The van der Waals surface area contributed by atoms with Crippen LogP contribution in [0.2, 0.25) is 0 Å². The fraction of sp³-hybridized carbons (Fsp3) is 0.588. The summed E-state index contributed by atoms with van der Waals surface area (Å²) in [5.74, 6) is 2.32. The summed E-state index contributed by atoms with van der Waals surface area (Å²) in [6.07, 6.45) is 9.71. The summed E-state index contributed by atoms with van der Waals surface area (Å²) in [5.41, 5.74) is 1.94. The lowest BCUT2D eigenvalue weighted by Crippen LogP contribution is -2.25. The highest BCUT2D eigenvalue weighted by molar-refractivity contribution is 5.48. The summed E-state index contributed by atoms with van der Waals surface area (Å²) in [4.78, 5) is 16.1. The number of hydrogen-bond donors (Lipinski definition) is 0. The average molecular weight is 299 g/mol. The highest BCUT2D eigenvalue weighted by atomic mass is 15.1. The minimum Gasteiger partial charge on any atom is -0.333 e. The summed E-state index contributed by atoms with van der Waals surface area (Å²) >= 11 is 0. The number of likely N-dealkylation sites (tertiary alicyclic amines) is 1. The Bertz CT molecular complexity index is 619. The molecule has 0 bridgehead atoms. The van der Waals surface area contributed by atoms with Crippen molar-refractivity contribution in [3.05, 3.63) is 30.5 Å². The maximum atomic E-state index is 4.76. The van der Waals surface area contributed by atoms with Gasteiger partial charge < -0.3 is 9.47 Å². The average Bonchev–Trinajstić information content (AvgIpc) is 3.08. The second kappa shape index (κ2) is 6.57. The number of rotatable bonds is 5. The topological polar surface area (TPSA) is 46.8 Å². The molecule has 0 N–H and O–H groups in total. The largest absolute Gasteiger partial charge is 0.333 e. The van der Waals surface area contributed by atoms with Crippen LogP contribution in [0.1, 0.15) is 26.0 Å². The van der Waals surface area contributed by atoms with Gasteiger partial charge in [-0.15, -0.1) is 0 Å². The minimum atomic E-state index is 0.699. The third-order valence-corrected chi connectivity index (χ3v) is 4.23. The quantitative estimate of drug-likeness (QED) is 0.850. The Hall–Kier alpha value is -1.75. The second-order valence-corrected chi connectivity index (χ2v) is 6.77. The van der Waals surface area contributed by atoms with Gasteiger partial charge in [-0.2, -0.15) is 0 Å². The molecule has 1 aliphatic rings. The van der Waals surface area contributed by atoms with Crippen LogP contribution < -0.4 is 0 Å². The molecule has 0 amide bonds. The molecule has 0 aliphatic carbocycles.